The van der Waals surface area contributed by atoms with Crippen LogP contribution in [0.4, 0.5) is 0 Å². The molecule has 5 nitrogen and oxygen atoms in total. The molecule has 5 heteroatoms. The van der Waals surface area contributed by atoms with Gasteiger partial charge in [0.05, 0.1) is 26.4 Å². The Bertz CT molecular complexity index is 580. The molecule has 2 rings (SSSR count). The zero-order valence-electron chi connectivity index (χ0n) is 14.1. The Morgan fingerprint density at radius 2 is 1.96 bits per heavy atom. The van der Waals surface area contributed by atoms with Crippen molar-refractivity contribution in [2.45, 2.75) is 32.6 Å². The summed E-state index contributed by atoms with van der Waals surface area (Å²) < 4.78 is 15.7. The quantitative estimate of drug-likeness (QED) is 0.747. The molecule has 0 atom stereocenters. The predicted molar refractivity (Wildman–Crippen MR) is 88.8 cm³/mol. The molecule has 0 aromatic heterocycles. The van der Waals surface area contributed by atoms with E-state index < -0.39 is 0 Å². The zero-order chi connectivity index (χ0) is 16.7. The van der Waals surface area contributed by atoms with Crippen molar-refractivity contribution in [3.05, 3.63) is 35.0 Å². The van der Waals surface area contributed by atoms with Gasteiger partial charge in [0, 0.05) is 12.2 Å². The summed E-state index contributed by atoms with van der Waals surface area (Å²) in [6.07, 6.45) is 3.57. The van der Waals surface area contributed by atoms with Crippen LogP contribution in [0.25, 0.3) is 0 Å². The molecule has 0 unspecified atom stereocenters. The van der Waals surface area contributed by atoms with Gasteiger partial charge >= 0.3 is 5.97 Å². The van der Waals surface area contributed by atoms with E-state index in [1.165, 1.54) is 0 Å². The molecule has 1 aliphatic carbocycles. The molecular formula is C18H25NO4. The highest BCUT2D eigenvalue weighted by Crippen LogP contribution is 2.28. The van der Waals surface area contributed by atoms with Crippen molar-refractivity contribution in [3.8, 4) is 11.5 Å². The Morgan fingerprint density at radius 3 is 2.65 bits per heavy atom. The maximum Gasteiger partial charge on any atom is 0.335 e. The minimum Gasteiger partial charge on any atom is -0.493 e. The van der Waals surface area contributed by atoms with Gasteiger partial charge in [0.2, 0.25) is 0 Å². The Kier molecular flexibility index (Phi) is 6.32. The number of hydrogen-bond acceptors (Lipinski definition) is 5. The van der Waals surface area contributed by atoms with Crippen molar-refractivity contribution < 1.29 is 19.0 Å². The highest BCUT2D eigenvalue weighted by atomic mass is 16.5. The monoisotopic (exact) mass is 319 g/mol. The molecule has 1 aromatic carbocycles. The van der Waals surface area contributed by atoms with Crippen molar-refractivity contribution in [3.63, 3.8) is 0 Å². The van der Waals surface area contributed by atoms with Gasteiger partial charge in [-0.05, 0) is 50.3 Å². The van der Waals surface area contributed by atoms with Gasteiger partial charge in [-0.3, -0.25) is 0 Å². The summed E-state index contributed by atoms with van der Waals surface area (Å²) >= 11 is 0. The average molecular weight is 319 g/mol. The summed E-state index contributed by atoms with van der Waals surface area (Å²) in [6.45, 7) is 3.02. The number of rotatable bonds is 8. The molecule has 0 saturated carbocycles. The van der Waals surface area contributed by atoms with E-state index in [0.717, 1.165) is 60.6 Å². The Hall–Kier alpha value is -2.17. The van der Waals surface area contributed by atoms with Gasteiger partial charge in [0.15, 0.2) is 11.5 Å². The van der Waals surface area contributed by atoms with Gasteiger partial charge in [-0.15, -0.1) is 0 Å². The Morgan fingerprint density at radius 1 is 1.17 bits per heavy atom. The van der Waals surface area contributed by atoms with Crippen LogP contribution in [0, 0.1) is 0 Å². The molecule has 1 aromatic rings. The minimum absolute atomic E-state index is 0.182. The lowest BCUT2D eigenvalue weighted by molar-refractivity contribution is -0.138. The largest absolute Gasteiger partial charge is 0.493 e. The summed E-state index contributed by atoms with van der Waals surface area (Å²) in [7, 11) is 3.26. The number of ether oxygens (including phenoxy) is 3. The van der Waals surface area contributed by atoms with Crippen molar-refractivity contribution in [1.29, 1.82) is 0 Å². The topological polar surface area (TPSA) is 56.8 Å². The molecule has 0 spiro atoms. The lowest BCUT2D eigenvalue weighted by Crippen LogP contribution is -2.19. The fraction of sp³-hybridized carbons (Fsp3) is 0.500. The van der Waals surface area contributed by atoms with E-state index in [2.05, 4.69) is 5.32 Å². The number of benzene rings is 1. The van der Waals surface area contributed by atoms with Crippen LogP contribution in [-0.2, 0) is 16.0 Å². The summed E-state index contributed by atoms with van der Waals surface area (Å²) in [5.74, 6) is 1.28. The molecule has 0 amide bonds. The van der Waals surface area contributed by atoms with E-state index in [9.17, 15) is 4.79 Å². The van der Waals surface area contributed by atoms with Crippen LogP contribution in [-0.4, -0.2) is 33.3 Å². The third-order valence-corrected chi connectivity index (χ3v) is 3.94. The van der Waals surface area contributed by atoms with Crippen LogP contribution in [0.5, 0.6) is 11.5 Å². The van der Waals surface area contributed by atoms with Gasteiger partial charge in [-0.25, -0.2) is 4.79 Å². The fourth-order valence-corrected chi connectivity index (χ4v) is 2.78. The standard InChI is InChI=1S/C18H25NO4/c1-4-23-18(20)14-6-5-7-15(14)19-11-10-13-8-9-16(21-2)17(12-13)22-3/h8-9,12,19H,4-7,10-11H2,1-3H3. The maximum absolute atomic E-state index is 11.9. The number of hydrogen-bond donors (Lipinski definition) is 1. The second-order valence-corrected chi connectivity index (χ2v) is 5.40. The second kappa shape index (κ2) is 8.46. The molecule has 23 heavy (non-hydrogen) atoms. The summed E-state index contributed by atoms with van der Waals surface area (Å²) in [5.41, 5.74) is 2.99. The fourth-order valence-electron chi connectivity index (χ4n) is 2.78. The third-order valence-electron chi connectivity index (χ3n) is 3.94. The molecule has 0 saturated heterocycles. The zero-order valence-corrected chi connectivity index (χ0v) is 14.1. The number of carbonyl (C=O) groups excluding carboxylic acids is 1. The van der Waals surface area contributed by atoms with E-state index in [0.29, 0.717) is 6.61 Å². The number of carbonyl (C=O) groups is 1. The van der Waals surface area contributed by atoms with Crippen LogP contribution < -0.4 is 14.8 Å². The molecule has 0 radical (unpaired) electrons. The molecule has 1 aliphatic rings. The first-order valence-corrected chi connectivity index (χ1v) is 8.03. The minimum atomic E-state index is -0.182. The lowest BCUT2D eigenvalue weighted by Gasteiger charge is -2.12. The van der Waals surface area contributed by atoms with Crippen LogP contribution >= 0.6 is 0 Å². The molecule has 0 heterocycles. The van der Waals surface area contributed by atoms with Crippen LogP contribution in [0.2, 0.25) is 0 Å². The molecule has 126 valence electrons. The number of allylic oxidation sites excluding steroid dienone is 1. The molecule has 0 fully saturated rings. The van der Waals surface area contributed by atoms with Crippen molar-refractivity contribution >= 4 is 5.97 Å². The van der Waals surface area contributed by atoms with Gasteiger partial charge in [-0.1, -0.05) is 6.07 Å². The maximum atomic E-state index is 11.9. The van der Waals surface area contributed by atoms with Gasteiger partial charge in [0.25, 0.3) is 0 Å². The smallest absolute Gasteiger partial charge is 0.335 e. The number of methoxy groups -OCH3 is 2. The lowest BCUT2D eigenvalue weighted by atomic mass is 10.1. The van der Waals surface area contributed by atoms with E-state index in [4.69, 9.17) is 14.2 Å². The molecule has 0 aliphatic heterocycles. The van der Waals surface area contributed by atoms with Crippen LogP contribution in [0.1, 0.15) is 31.7 Å². The first-order valence-electron chi connectivity index (χ1n) is 8.03. The first kappa shape index (κ1) is 17.2. The van der Waals surface area contributed by atoms with Crippen molar-refractivity contribution in [2.75, 3.05) is 27.4 Å². The molecule has 1 N–H and O–H groups in total. The van der Waals surface area contributed by atoms with Crippen LogP contribution in [0.3, 0.4) is 0 Å². The molecular weight excluding hydrogens is 294 g/mol. The van der Waals surface area contributed by atoms with E-state index in [1.54, 1.807) is 14.2 Å². The SMILES string of the molecule is CCOC(=O)C1=C(NCCc2ccc(OC)c(OC)c2)CCC1. The van der Waals surface area contributed by atoms with E-state index in [-0.39, 0.29) is 5.97 Å². The van der Waals surface area contributed by atoms with Gasteiger partial charge in [0.1, 0.15) is 0 Å². The average Bonchev–Trinajstić information content (AvgIpc) is 3.03. The summed E-state index contributed by atoms with van der Waals surface area (Å²) in [4.78, 5) is 11.9. The van der Waals surface area contributed by atoms with Gasteiger partial charge in [-0.2, -0.15) is 0 Å². The Balaban J connectivity index is 1.94. The number of nitrogens with one attached hydrogen (secondary N) is 1. The Labute approximate surface area is 137 Å². The highest BCUT2D eigenvalue weighted by molar-refractivity contribution is 5.89. The predicted octanol–water partition coefficient (Wildman–Crippen LogP) is 2.84. The number of esters is 1. The van der Waals surface area contributed by atoms with E-state index in [1.807, 2.05) is 25.1 Å². The van der Waals surface area contributed by atoms with Crippen molar-refractivity contribution in [1.82, 2.24) is 5.32 Å². The van der Waals surface area contributed by atoms with E-state index >= 15 is 0 Å². The van der Waals surface area contributed by atoms with Crippen LogP contribution in [0.15, 0.2) is 29.5 Å². The molecule has 0 bridgehead atoms. The second-order valence-electron chi connectivity index (χ2n) is 5.40. The normalized spacial score (nSPS) is 13.9. The van der Waals surface area contributed by atoms with Gasteiger partial charge < -0.3 is 19.5 Å². The summed E-state index contributed by atoms with van der Waals surface area (Å²) in [6, 6.07) is 5.92. The highest BCUT2D eigenvalue weighted by Gasteiger charge is 2.21. The third kappa shape index (κ3) is 4.41. The van der Waals surface area contributed by atoms with Crippen molar-refractivity contribution in [2.24, 2.45) is 0 Å². The first-order chi connectivity index (χ1) is 11.2. The summed E-state index contributed by atoms with van der Waals surface area (Å²) in [5, 5.41) is 3.39.